The van der Waals surface area contributed by atoms with E-state index in [4.69, 9.17) is 0 Å². The summed E-state index contributed by atoms with van der Waals surface area (Å²) in [4.78, 5) is 8.73. The molecule has 2 aromatic heterocycles. The Labute approximate surface area is 99.9 Å². The van der Waals surface area contributed by atoms with Crippen molar-refractivity contribution >= 4 is 5.82 Å². The second kappa shape index (κ2) is 5.38. The number of H-pyrrole nitrogens is 1. The predicted molar refractivity (Wildman–Crippen MR) is 64.4 cm³/mol. The molecule has 0 fully saturated rings. The Morgan fingerprint density at radius 3 is 3.06 bits per heavy atom. The number of nitrogens with one attached hydrogen (secondary N) is 2. The minimum absolute atomic E-state index is 0.379. The van der Waals surface area contributed by atoms with Crippen LogP contribution in [0.3, 0.4) is 0 Å². The third-order valence-corrected chi connectivity index (χ3v) is 2.64. The molecule has 0 aliphatic rings. The highest BCUT2D eigenvalue weighted by molar-refractivity contribution is 5.33. The fourth-order valence-corrected chi connectivity index (χ4v) is 1.38. The summed E-state index contributed by atoms with van der Waals surface area (Å²) in [6, 6.07) is 1.85. The molecular weight excluding hydrogens is 216 g/mol. The highest BCUT2D eigenvalue weighted by atomic mass is 15.3. The Balaban J connectivity index is 2.01. The highest BCUT2D eigenvalue weighted by Crippen LogP contribution is 2.15. The Bertz CT molecular complexity index is 453. The molecule has 17 heavy (non-hydrogen) atoms. The van der Waals surface area contributed by atoms with E-state index in [1.54, 1.807) is 12.4 Å². The van der Waals surface area contributed by atoms with Crippen molar-refractivity contribution in [2.24, 2.45) is 0 Å². The van der Waals surface area contributed by atoms with Gasteiger partial charge < -0.3 is 5.32 Å². The van der Waals surface area contributed by atoms with Crippen molar-refractivity contribution in [1.82, 2.24) is 25.4 Å². The van der Waals surface area contributed by atoms with E-state index in [9.17, 15) is 0 Å². The van der Waals surface area contributed by atoms with Gasteiger partial charge in [-0.2, -0.15) is 15.4 Å². The number of anilines is 1. The van der Waals surface area contributed by atoms with Crippen LogP contribution in [0.15, 0.2) is 18.5 Å². The van der Waals surface area contributed by atoms with E-state index in [1.165, 1.54) is 0 Å². The zero-order valence-corrected chi connectivity index (χ0v) is 10.0. The van der Waals surface area contributed by atoms with Crippen LogP contribution in [-0.2, 0) is 6.54 Å². The maximum atomic E-state index is 4.46. The smallest absolute Gasteiger partial charge is 0.133 e. The number of aromatic nitrogens is 5. The van der Waals surface area contributed by atoms with Crippen molar-refractivity contribution in [3.05, 3.63) is 30.0 Å². The lowest BCUT2D eigenvalue weighted by Gasteiger charge is -2.09. The van der Waals surface area contributed by atoms with Crippen molar-refractivity contribution in [2.75, 3.05) is 5.32 Å². The molecule has 6 nitrogen and oxygen atoms in total. The second-order valence-electron chi connectivity index (χ2n) is 3.92. The van der Waals surface area contributed by atoms with Crippen LogP contribution in [0.25, 0.3) is 0 Å². The van der Waals surface area contributed by atoms with E-state index in [0.717, 1.165) is 23.8 Å². The van der Waals surface area contributed by atoms with Crippen LogP contribution in [0.1, 0.15) is 37.7 Å². The molecule has 2 aromatic rings. The highest BCUT2D eigenvalue weighted by Gasteiger charge is 2.06. The SMILES string of the molecule is CCC(C)c1nccc(NCc2cn[nH]n2)n1. The molecule has 2 rings (SSSR count). The average molecular weight is 232 g/mol. The minimum atomic E-state index is 0.379. The van der Waals surface area contributed by atoms with Gasteiger partial charge in [0.05, 0.1) is 12.7 Å². The van der Waals surface area contributed by atoms with Crippen LogP contribution < -0.4 is 5.32 Å². The van der Waals surface area contributed by atoms with Gasteiger partial charge in [-0.1, -0.05) is 13.8 Å². The lowest BCUT2D eigenvalue weighted by molar-refractivity contribution is 0.678. The molecular formula is C11H16N6. The van der Waals surface area contributed by atoms with E-state index in [2.05, 4.69) is 44.5 Å². The summed E-state index contributed by atoms with van der Waals surface area (Å²) in [7, 11) is 0. The van der Waals surface area contributed by atoms with E-state index >= 15 is 0 Å². The molecule has 0 spiro atoms. The van der Waals surface area contributed by atoms with Gasteiger partial charge in [-0.25, -0.2) is 9.97 Å². The summed E-state index contributed by atoms with van der Waals surface area (Å²) in [5, 5.41) is 13.5. The monoisotopic (exact) mass is 232 g/mol. The Kier molecular flexibility index (Phi) is 3.64. The first kappa shape index (κ1) is 11.5. The number of hydrogen-bond acceptors (Lipinski definition) is 5. The second-order valence-corrected chi connectivity index (χ2v) is 3.92. The van der Waals surface area contributed by atoms with Crippen LogP contribution in [0.4, 0.5) is 5.82 Å². The van der Waals surface area contributed by atoms with Crippen LogP contribution in [0.2, 0.25) is 0 Å². The molecule has 0 aliphatic heterocycles. The van der Waals surface area contributed by atoms with Gasteiger partial charge in [-0.15, -0.1) is 0 Å². The first-order valence-electron chi connectivity index (χ1n) is 5.71. The fourth-order valence-electron chi connectivity index (χ4n) is 1.38. The van der Waals surface area contributed by atoms with Crippen LogP contribution >= 0.6 is 0 Å². The quantitative estimate of drug-likeness (QED) is 0.820. The first-order chi connectivity index (χ1) is 8.29. The fraction of sp³-hybridized carbons (Fsp3) is 0.455. The maximum Gasteiger partial charge on any atom is 0.133 e. The lowest BCUT2D eigenvalue weighted by Crippen LogP contribution is -2.06. The molecule has 0 saturated heterocycles. The standard InChI is InChI=1S/C11H16N6/c1-3-8(2)11-12-5-4-10(15-11)13-6-9-7-14-17-16-9/h4-5,7-8H,3,6H2,1-2H3,(H,12,13,15)(H,14,16,17). The maximum absolute atomic E-state index is 4.46. The molecule has 6 heteroatoms. The molecule has 2 heterocycles. The number of rotatable bonds is 5. The zero-order valence-electron chi connectivity index (χ0n) is 10.0. The molecule has 0 saturated carbocycles. The van der Waals surface area contributed by atoms with Gasteiger partial charge in [-0.3, -0.25) is 0 Å². The van der Waals surface area contributed by atoms with Gasteiger partial charge in [0.15, 0.2) is 0 Å². The van der Waals surface area contributed by atoms with Crippen molar-refractivity contribution in [1.29, 1.82) is 0 Å². The number of hydrogen-bond donors (Lipinski definition) is 2. The van der Waals surface area contributed by atoms with Gasteiger partial charge in [-0.05, 0) is 12.5 Å². The summed E-state index contributed by atoms with van der Waals surface area (Å²) < 4.78 is 0. The normalized spacial score (nSPS) is 12.4. The molecule has 90 valence electrons. The summed E-state index contributed by atoms with van der Waals surface area (Å²) in [5.74, 6) is 2.07. The van der Waals surface area contributed by atoms with E-state index in [0.29, 0.717) is 12.5 Å². The Hall–Kier alpha value is -1.98. The third kappa shape index (κ3) is 2.99. The predicted octanol–water partition coefficient (Wildman–Crippen LogP) is 1.72. The number of nitrogens with zero attached hydrogens (tertiary/aromatic N) is 4. The minimum Gasteiger partial charge on any atom is -0.364 e. The van der Waals surface area contributed by atoms with E-state index in [-0.39, 0.29) is 0 Å². The molecule has 2 N–H and O–H groups in total. The molecule has 0 bridgehead atoms. The third-order valence-electron chi connectivity index (χ3n) is 2.64. The van der Waals surface area contributed by atoms with Gasteiger partial charge in [0, 0.05) is 12.1 Å². The van der Waals surface area contributed by atoms with Crippen LogP contribution in [-0.4, -0.2) is 25.4 Å². The van der Waals surface area contributed by atoms with E-state index in [1.807, 2.05) is 6.07 Å². The summed E-state index contributed by atoms with van der Waals surface area (Å²) >= 11 is 0. The Morgan fingerprint density at radius 2 is 2.35 bits per heavy atom. The average Bonchev–Trinajstić information content (AvgIpc) is 2.89. The molecule has 0 amide bonds. The molecule has 0 radical (unpaired) electrons. The van der Waals surface area contributed by atoms with Crippen LogP contribution in [0, 0.1) is 0 Å². The first-order valence-corrected chi connectivity index (χ1v) is 5.71. The largest absolute Gasteiger partial charge is 0.364 e. The molecule has 1 atom stereocenters. The molecule has 0 aromatic carbocycles. The van der Waals surface area contributed by atoms with Crippen molar-refractivity contribution in [3.63, 3.8) is 0 Å². The van der Waals surface area contributed by atoms with Crippen molar-refractivity contribution in [2.45, 2.75) is 32.7 Å². The number of aromatic amines is 1. The van der Waals surface area contributed by atoms with Gasteiger partial charge in [0.1, 0.15) is 17.3 Å². The van der Waals surface area contributed by atoms with Gasteiger partial charge >= 0.3 is 0 Å². The van der Waals surface area contributed by atoms with Gasteiger partial charge in [0.25, 0.3) is 0 Å². The molecule has 0 aliphatic carbocycles. The van der Waals surface area contributed by atoms with E-state index < -0.39 is 0 Å². The summed E-state index contributed by atoms with van der Waals surface area (Å²) in [6.07, 6.45) is 4.50. The summed E-state index contributed by atoms with van der Waals surface area (Å²) in [5.41, 5.74) is 0.855. The summed E-state index contributed by atoms with van der Waals surface area (Å²) in [6.45, 7) is 4.85. The molecule has 1 unspecified atom stereocenters. The van der Waals surface area contributed by atoms with Crippen LogP contribution in [0.5, 0.6) is 0 Å². The van der Waals surface area contributed by atoms with Gasteiger partial charge in [0.2, 0.25) is 0 Å². The topological polar surface area (TPSA) is 79.4 Å². The van der Waals surface area contributed by atoms with Crippen molar-refractivity contribution < 1.29 is 0 Å². The van der Waals surface area contributed by atoms with Crippen molar-refractivity contribution in [3.8, 4) is 0 Å². The zero-order chi connectivity index (χ0) is 12.1. The lowest BCUT2D eigenvalue weighted by atomic mass is 10.1. The Morgan fingerprint density at radius 1 is 1.47 bits per heavy atom.